The number of hydrogen-bond acceptors (Lipinski definition) is 7. The van der Waals surface area contributed by atoms with E-state index in [1.807, 2.05) is 60.7 Å². The molecule has 0 spiro atoms. The Bertz CT molecular complexity index is 1600. The summed E-state index contributed by atoms with van der Waals surface area (Å²) in [4.78, 5) is 32.3. The van der Waals surface area contributed by atoms with Gasteiger partial charge in [-0.05, 0) is 62.4 Å². The third kappa shape index (κ3) is 6.62. The van der Waals surface area contributed by atoms with Gasteiger partial charge in [0.2, 0.25) is 0 Å². The van der Waals surface area contributed by atoms with Gasteiger partial charge in [-0.2, -0.15) is 0 Å². The zero-order valence-corrected chi connectivity index (χ0v) is 24.7. The van der Waals surface area contributed by atoms with Crippen LogP contribution in [0.4, 0.5) is 0 Å². The summed E-state index contributed by atoms with van der Waals surface area (Å²) in [6.45, 7) is 10.2. The molecule has 0 N–H and O–H groups in total. The highest BCUT2D eigenvalue weighted by Crippen LogP contribution is 2.36. The smallest absolute Gasteiger partial charge is 0.338 e. The molecule has 1 aromatic heterocycles. The molecular formula is C32H36N2O5S. The van der Waals surface area contributed by atoms with Gasteiger partial charge in [0, 0.05) is 0 Å². The van der Waals surface area contributed by atoms with Crippen molar-refractivity contribution in [2.45, 2.75) is 53.2 Å². The number of benzene rings is 2. The fourth-order valence-electron chi connectivity index (χ4n) is 4.38. The van der Waals surface area contributed by atoms with Gasteiger partial charge in [-0.15, -0.1) is 0 Å². The lowest BCUT2D eigenvalue weighted by Gasteiger charge is -2.26. The van der Waals surface area contributed by atoms with Crippen molar-refractivity contribution < 1.29 is 19.0 Å². The Kier molecular flexibility index (Phi) is 9.42. The standard InChI is InChI=1S/C32H36N2O5S/c1-20(2)17-18-38-25-16-15-24(19-26(25)37-6)29-28(31(36)39-21(3)4)22(5)33-32-34(29)30(35)27(40-32)14-10-13-23-11-8-7-9-12-23/h7-16,19-21,29H,17-18H2,1-6H3. The fourth-order valence-corrected chi connectivity index (χ4v) is 5.38. The normalized spacial score (nSPS) is 15.5. The predicted octanol–water partition coefficient (Wildman–Crippen LogP) is 5.29. The van der Waals surface area contributed by atoms with Crippen LogP contribution in [-0.4, -0.2) is 30.4 Å². The van der Waals surface area contributed by atoms with Crippen LogP contribution in [0.1, 0.15) is 58.2 Å². The minimum absolute atomic E-state index is 0.231. The fraction of sp³-hybridized carbons (Fsp3) is 0.344. The van der Waals surface area contributed by atoms with Crippen LogP contribution in [-0.2, 0) is 9.53 Å². The van der Waals surface area contributed by atoms with E-state index in [4.69, 9.17) is 14.2 Å². The molecule has 1 unspecified atom stereocenters. The predicted molar refractivity (Wildman–Crippen MR) is 159 cm³/mol. The Balaban J connectivity index is 1.82. The van der Waals surface area contributed by atoms with Crippen molar-refractivity contribution in [3.63, 3.8) is 0 Å². The van der Waals surface area contributed by atoms with Crippen LogP contribution in [0, 0.1) is 5.92 Å². The van der Waals surface area contributed by atoms with Crippen LogP contribution in [0.25, 0.3) is 12.2 Å². The lowest BCUT2D eigenvalue weighted by Crippen LogP contribution is -2.40. The summed E-state index contributed by atoms with van der Waals surface area (Å²) in [6.07, 6.45) is 6.16. The van der Waals surface area contributed by atoms with E-state index in [1.165, 1.54) is 11.3 Å². The van der Waals surface area contributed by atoms with Crippen LogP contribution in [0.3, 0.4) is 0 Å². The van der Waals surface area contributed by atoms with Crippen molar-refractivity contribution in [1.82, 2.24) is 4.57 Å². The van der Waals surface area contributed by atoms with Gasteiger partial charge in [0.25, 0.3) is 5.56 Å². The second-order valence-electron chi connectivity index (χ2n) is 10.3. The topological polar surface area (TPSA) is 79.1 Å². The van der Waals surface area contributed by atoms with Gasteiger partial charge in [0.05, 0.1) is 41.7 Å². The van der Waals surface area contributed by atoms with Gasteiger partial charge in [-0.3, -0.25) is 9.36 Å². The molecule has 2 aromatic carbocycles. The maximum Gasteiger partial charge on any atom is 0.338 e. The molecule has 0 saturated heterocycles. The van der Waals surface area contributed by atoms with Crippen LogP contribution in [0.2, 0.25) is 0 Å². The van der Waals surface area contributed by atoms with Gasteiger partial charge in [0.1, 0.15) is 0 Å². The zero-order chi connectivity index (χ0) is 28.8. The maximum atomic E-state index is 13.8. The third-order valence-electron chi connectivity index (χ3n) is 6.38. The third-order valence-corrected chi connectivity index (χ3v) is 7.38. The number of carbonyl (C=O) groups is 1. The first kappa shape index (κ1) is 29.1. The average Bonchev–Trinajstić information content (AvgIpc) is 3.22. The second kappa shape index (κ2) is 13.0. The number of allylic oxidation sites excluding steroid dienone is 2. The van der Waals surface area contributed by atoms with Gasteiger partial charge < -0.3 is 14.2 Å². The van der Waals surface area contributed by atoms with E-state index < -0.39 is 12.0 Å². The molecule has 7 nitrogen and oxygen atoms in total. The monoisotopic (exact) mass is 560 g/mol. The molecule has 40 heavy (non-hydrogen) atoms. The summed E-state index contributed by atoms with van der Waals surface area (Å²) >= 11 is 1.29. The molecule has 0 bridgehead atoms. The molecule has 3 aromatic rings. The molecule has 0 aliphatic carbocycles. The summed E-state index contributed by atoms with van der Waals surface area (Å²) in [5.74, 6) is 1.14. The second-order valence-corrected chi connectivity index (χ2v) is 11.3. The minimum Gasteiger partial charge on any atom is -0.493 e. The lowest BCUT2D eigenvalue weighted by atomic mass is 9.95. The highest BCUT2D eigenvalue weighted by Gasteiger charge is 2.34. The Morgan fingerprint density at radius 2 is 1.85 bits per heavy atom. The number of ether oxygens (including phenoxy) is 3. The van der Waals surface area contributed by atoms with Crippen molar-refractivity contribution in [2.24, 2.45) is 10.9 Å². The number of hydrogen-bond donors (Lipinski definition) is 0. The number of methoxy groups -OCH3 is 1. The molecule has 0 fully saturated rings. The van der Waals surface area contributed by atoms with E-state index in [2.05, 4.69) is 18.8 Å². The summed E-state index contributed by atoms with van der Waals surface area (Å²) in [5.41, 5.74) is 2.33. The molecule has 4 rings (SSSR count). The first-order chi connectivity index (χ1) is 19.2. The first-order valence-corrected chi connectivity index (χ1v) is 14.3. The number of carbonyl (C=O) groups excluding carboxylic acids is 1. The van der Waals surface area contributed by atoms with Crippen LogP contribution in [0.15, 0.2) is 75.7 Å². The number of aromatic nitrogens is 1. The number of fused-ring (bicyclic) bond motifs is 1. The molecule has 8 heteroatoms. The van der Waals surface area contributed by atoms with E-state index in [1.54, 1.807) is 38.5 Å². The Morgan fingerprint density at radius 1 is 1.10 bits per heavy atom. The van der Waals surface area contributed by atoms with Gasteiger partial charge in [-0.1, -0.05) is 73.7 Å². The molecule has 1 atom stereocenters. The zero-order valence-electron chi connectivity index (χ0n) is 23.8. The summed E-state index contributed by atoms with van der Waals surface area (Å²) < 4.78 is 19.3. The van der Waals surface area contributed by atoms with E-state index >= 15 is 0 Å². The Labute approximate surface area is 238 Å². The van der Waals surface area contributed by atoms with Gasteiger partial charge in [-0.25, -0.2) is 9.79 Å². The van der Waals surface area contributed by atoms with E-state index in [-0.39, 0.29) is 11.7 Å². The van der Waals surface area contributed by atoms with Crippen LogP contribution >= 0.6 is 11.3 Å². The molecule has 1 aliphatic rings. The Hall–Kier alpha value is -3.91. The highest BCUT2D eigenvalue weighted by molar-refractivity contribution is 7.07. The van der Waals surface area contributed by atoms with Crippen molar-refractivity contribution in [1.29, 1.82) is 0 Å². The van der Waals surface area contributed by atoms with E-state index in [0.717, 1.165) is 12.0 Å². The number of esters is 1. The summed E-state index contributed by atoms with van der Waals surface area (Å²) in [7, 11) is 1.58. The minimum atomic E-state index is -0.735. The van der Waals surface area contributed by atoms with Crippen molar-refractivity contribution in [3.8, 4) is 11.5 Å². The van der Waals surface area contributed by atoms with Crippen LogP contribution < -0.4 is 24.4 Å². The number of rotatable bonds is 10. The molecule has 0 saturated carbocycles. The number of thiazole rings is 1. The van der Waals surface area contributed by atoms with Crippen LogP contribution in [0.5, 0.6) is 11.5 Å². The summed E-state index contributed by atoms with van der Waals surface area (Å²) in [5, 5.41) is 0. The quantitative estimate of drug-likeness (QED) is 0.315. The Morgan fingerprint density at radius 3 is 2.52 bits per heavy atom. The van der Waals surface area contributed by atoms with Crippen molar-refractivity contribution in [3.05, 3.63) is 96.7 Å². The molecule has 0 radical (unpaired) electrons. The van der Waals surface area contributed by atoms with Crippen molar-refractivity contribution >= 4 is 29.5 Å². The molecular weight excluding hydrogens is 524 g/mol. The van der Waals surface area contributed by atoms with Gasteiger partial charge >= 0.3 is 5.97 Å². The lowest BCUT2D eigenvalue weighted by molar-refractivity contribution is -0.143. The van der Waals surface area contributed by atoms with E-state index in [0.29, 0.717) is 50.2 Å². The van der Waals surface area contributed by atoms with E-state index in [9.17, 15) is 9.59 Å². The molecule has 2 heterocycles. The largest absolute Gasteiger partial charge is 0.493 e. The SMILES string of the molecule is COc1cc(C2C(C(=O)OC(C)C)=C(C)N=c3sc(=CC=Cc4ccccc4)c(=O)n32)ccc1OCCC(C)C. The highest BCUT2D eigenvalue weighted by atomic mass is 32.1. The molecule has 1 aliphatic heterocycles. The maximum absolute atomic E-state index is 13.8. The molecule has 210 valence electrons. The van der Waals surface area contributed by atoms with Crippen molar-refractivity contribution in [2.75, 3.05) is 13.7 Å². The molecule has 0 amide bonds. The first-order valence-electron chi connectivity index (χ1n) is 13.5. The average molecular weight is 561 g/mol. The number of nitrogens with zero attached hydrogens (tertiary/aromatic N) is 2. The summed E-state index contributed by atoms with van der Waals surface area (Å²) in [6, 6.07) is 14.6. The van der Waals surface area contributed by atoms with Gasteiger partial charge in [0.15, 0.2) is 16.3 Å².